The molecule has 6 nitrogen and oxygen atoms in total. The summed E-state index contributed by atoms with van der Waals surface area (Å²) in [6.07, 6.45) is 1.87. The Morgan fingerprint density at radius 1 is 1.00 bits per heavy atom. The zero-order chi connectivity index (χ0) is 19.6. The molecule has 2 aromatic heterocycles. The fourth-order valence-electron chi connectivity index (χ4n) is 3.46. The molecular weight excluding hydrogens is 382 g/mol. The molecule has 0 atom stereocenters. The van der Waals surface area contributed by atoms with Gasteiger partial charge in [0.2, 0.25) is 5.95 Å². The zero-order valence-electron chi connectivity index (χ0n) is 15.8. The van der Waals surface area contributed by atoms with E-state index in [0.29, 0.717) is 5.95 Å². The van der Waals surface area contributed by atoms with Gasteiger partial charge in [-0.15, -0.1) is 11.3 Å². The largest absolute Gasteiger partial charge is 0.399 e. The van der Waals surface area contributed by atoms with Gasteiger partial charge in [-0.3, -0.25) is 0 Å². The van der Waals surface area contributed by atoms with Crippen molar-refractivity contribution in [2.75, 3.05) is 42.3 Å². The van der Waals surface area contributed by atoms with Crippen molar-refractivity contribution >= 4 is 44.6 Å². The van der Waals surface area contributed by atoms with Gasteiger partial charge in [0.15, 0.2) is 0 Å². The Morgan fingerprint density at radius 2 is 1.76 bits per heavy atom. The van der Waals surface area contributed by atoms with Gasteiger partial charge in [0.25, 0.3) is 0 Å². The van der Waals surface area contributed by atoms with Gasteiger partial charge in [-0.05, 0) is 42.0 Å². The molecule has 0 aliphatic carbocycles. The predicted octanol–water partition coefficient (Wildman–Crippen LogP) is 4.52. The summed E-state index contributed by atoms with van der Waals surface area (Å²) in [4.78, 5) is 11.6. The number of thiophene rings is 1. The Hall–Kier alpha value is -3.16. The fraction of sp³-hybridized carbons (Fsp3) is 0.182. The van der Waals surface area contributed by atoms with E-state index in [1.807, 2.05) is 30.5 Å². The third-order valence-corrected chi connectivity index (χ3v) is 5.94. The zero-order valence-corrected chi connectivity index (χ0v) is 16.7. The van der Waals surface area contributed by atoms with Crippen molar-refractivity contribution in [1.29, 1.82) is 0 Å². The molecule has 0 spiro atoms. The fourth-order valence-corrected chi connectivity index (χ4v) is 4.34. The number of nitrogens with one attached hydrogen (secondary N) is 1. The van der Waals surface area contributed by atoms with E-state index in [9.17, 15) is 0 Å². The standard InChI is InChI=1S/C22H21N5OS/c23-16-3-1-15(2-4-16)19-14-29-20-13-24-22(26-21(19)20)25-17-5-7-18(8-6-17)27-9-11-28-12-10-27/h1-8,13-14H,9-12,23H2,(H,24,25,26). The molecule has 0 amide bonds. The Labute approximate surface area is 173 Å². The van der Waals surface area contributed by atoms with Gasteiger partial charge in [0.1, 0.15) is 0 Å². The summed E-state index contributed by atoms with van der Waals surface area (Å²) in [7, 11) is 0. The normalized spacial score (nSPS) is 14.3. The van der Waals surface area contributed by atoms with E-state index in [2.05, 4.69) is 44.8 Å². The number of hydrogen-bond donors (Lipinski definition) is 2. The molecule has 2 aromatic carbocycles. The minimum absolute atomic E-state index is 0.590. The van der Waals surface area contributed by atoms with Crippen LogP contribution in [0.2, 0.25) is 0 Å². The van der Waals surface area contributed by atoms with E-state index in [1.165, 1.54) is 5.69 Å². The average molecular weight is 404 g/mol. The summed E-state index contributed by atoms with van der Waals surface area (Å²) in [5.74, 6) is 0.590. The van der Waals surface area contributed by atoms with Crippen LogP contribution in [-0.2, 0) is 4.74 Å². The van der Waals surface area contributed by atoms with Gasteiger partial charge in [-0.1, -0.05) is 12.1 Å². The van der Waals surface area contributed by atoms with Crippen LogP contribution < -0.4 is 16.0 Å². The highest BCUT2D eigenvalue weighted by Gasteiger charge is 2.12. The lowest BCUT2D eigenvalue weighted by Crippen LogP contribution is -2.36. The van der Waals surface area contributed by atoms with Gasteiger partial charge >= 0.3 is 0 Å². The number of morpholine rings is 1. The lowest BCUT2D eigenvalue weighted by molar-refractivity contribution is 0.122. The van der Waals surface area contributed by atoms with Crippen LogP contribution in [0.4, 0.5) is 23.0 Å². The number of nitrogen functional groups attached to an aromatic ring is 1. The molecule has 4 aromatic rings. The Balaban J connectivity index is 1.39. The van der Waals surface area contributed by atoms with Crippen LogP contribution >= 0.6 is 11.3 Å². The van der Waals surface area contributed by atoms with Crippen molar-refractivity contribution in [3.63, 3.8) is 0 Å². The molecule has 3 N–H and O–H groups in total. The third-order valence-electron chi connectivity index (χ3n) is 5.04. The molecule has 1 saturated heterocycles. The highest BCUT2D eigenvalue weighted by atomic mass is 32.1. The number of nitrogens with two attached hydrogens (primary N) is 1. The Bertz CT molecular complexity index is 1120. The van der Waals surface area contributed by atoms with E-state index in [1.54, 1.807) is 11.3 Å². The minimum Gasteiger partial charge on any atom is -0.399 e. The number of aromatic nitrogens is 2. The average Bonchev–Trinajstić information content (AvgIpc) is 3.19. The first kappa shape index (κ1) is 17.9. The lowest BCUT2D eigenvalue weighted by Gasteiger charge is -2.28. The topological polar surface area (TPSA) is 76.3 Å². The van der Waals surface area contributed by atoms with E-state index < -0.39 is 0 Å². The number of hydrogen-bond acceptors (Lipinski definition) is 7. The molecular formula is C22H21N5OS. The Morgan fingerprint density at radius 3 is 2.52 bits per heavy atom. The highest BCUT2D eigenvalue weighted by molar-refractivity contribution is 7.17. The number of rotatable bonds is 4. The van der Waals surface area contributed by atoms with Gasteiger partial charge < -0.3 is 20.7 Å². The van der Waals surface area contributed by atoms with E-state index in [-0.39, 0.29) is 0 Å². The SMILES string of the molecule is Nc1ccc(-c2csc3cnc(Nc4ccc(N5CCOCC5)cc4)nc23)cc1. The third kappa shape index (κ3) is 3.74. The van der Waals surface area contributed by atoms with Crippen LogP contribution in [0.15, 0.2) is 60.1 Å². The molecule has 1 fully saturated rings. The van der Waals surface area contributed by atoms with Crippen LogP contribution in [-0.4, -0.2) is 36.3 Å². The summed E-state index contributed by atoms with van der Waals surface area (Å²) in [5, 5.41) is 5.44. The summed E-state index contributed by atoms with van der Waals surface area (Å²) in [6, 6.07) is 16.2. The van der Waals surface area contributed by atoms with Crippen LogP contribution in [0, 0.1) is 0 Å². The van der Waals surface area contributed by atoms with Crippen molar-refractivity contribution in [1.82, 2.24) is 9.97 Å². The number of anilines is 4. The molecule has 29 heavy (non-hydrogen) atoms. The highest BCUT2D eigenvalue weighted by Crippen LogP contribution is 2.33. The smallest absolute Gasteiger partial charge is 0.227 e. The van der Waals surface area contributed by atoms with Crippen molar-refractivity contribution in [2.24, 2.45) is 0 Å². The minimum atomic E-state index is 0.590. The number of fused-ring (bicyclic) bond motifs is 1. The predicted molar refractivity (Wildman–Crippen MR) is 120 cm³/mol. The molecule has 7 heteroatoms. The monoisotopic (exact) mass is 403 g/mol. The molecule has 0 saturated carbocycles. The second kappa shape index (κ2) is 7.69. The van der Waals surface area contributed by atoms with E-state index >= 15 is 0 Å². The van der Waals surface area contributed by atoms with Crippen LogP contribution in [0.3, 0.4) is 0 Å². The van der Waals surface area contributed by atoms with Crippen molar-refractivity contribution in [2.45, 2.75) is 0 Å². The van der Waals surface area contributed by atoms with Gasteiger partial charge in [-0.2, -0.15) is 0 Å². The first-order valence-corrected chi connectivity index (χ1v) is 10.4. The van der Waals surface area contributed by atoms with Gasteiger partial charge in [-0.25, -0.2) is 9.97 Å². The summed E-state index contributed by atoms with van der Waals surface area (Å²) < 4.78 is 6.48. The van der Waals surface area contributed by atoms with Crippen molar-refractivity contribution < 1.29 is 4.74 Å². The molecule has 5 rings (SSSR count). The molecule has 1 aliphatic heterocycles. The number of nitrogens with zero attached hydrogens (tertiary/aromatic N) is 3. The number of benzene rings is 2. The van der Waals surface area contributed by atoms with Crippen LogP contribution in [0.25, 0.3) is 21.3 Å². The maximum absolute atomic E-state index is 5.82. The molecule has 146 valence electrons. The van der Waals surface area contributed by atoms with Crippen LogP contribution in [0.5, 0.6) is 0 Å². The number of ether oxygens (including phenoxy) is 1. The van der Waals surface area contributed by atoms with E-state index in [4.69, 9.17) is 15.5 Å². The molecule has 0 bridgehead atoms. The summed E-state index contributed by atoms with van der Waals surface area (Å²) in [6.45, 7) is 3.42. The second-order valence-electron chi connectivity index (χ2n) is 6.95. The molecule has 1 aliphatic rings. The summed E-state index contributed by atoms with van der Waals surface area (Å²) >= 11 is 1.65. The first-order valence-electron chi connectivity index (χ1n) is 9.56. The maximum Gasteiger partial charge on any atom is 0.227 e. The second-order valence-corrected chi connectivity index (χ2v) is 7.86. The quantitative estimate of drug-likeness (QED) is 0.488. The van der Waals surface area contributed by atoms with Crippen molar-refractivity contribution in [3.8, 4) is 11.1 Å². The first-order chi connectivity index (χ1) is 14.3. The molecule has 0 radical (unpaired) electrons. The molecule has 3 heterocycles. The van der Waals surface area contributed by atoms with Gasteiger partial charge in [0, 0.05) is 41.1 Å². The van der Waals surface area contributed by atoms with Crippen molar-refractivity contribution in [3.05, 3.63) is 60.1 Å². The van der Waals surface area contributed by atoms with Crippen LogP contribution in [0.1, 0.15) is 0 Å². The maximum atomic E-state index is 5.82. The van der Waals surface area contributed by atoms with E-state index in [0.717, 1.165) is 59.0 Å². The molecule has 0 unspecified atom stereocenters. The van der Waals surface area contributed by atoms with Gasteiger partial charge in [0.05, 0.1) is 29.6 Å². The lowest BCUT2D eigenvalue weighted by atomic mass is 10.1. The Kier molecular flexibility index (Phi) is 4.75. The summed E-state index contributed by atoms with van der Waals surface area (Å²) in [5.41, 5.74) is 11.9.